The predicted octanol–water partition coefficient (Wildman–Crippen LogP) is 18.5. The molecule has 0 amide bonds. The Kier molecular flexibility index (Phi) is 21.7. The van der Waals surface area contributed by atoms with Gasteiger partial charge >= 0.3 is 0 Å². The van der Waals surface area contributed by atoms with Crippen LogP contribution in [0.5, 0.6) is 0 Å². The van der Waals surface area contributed by atoms with Crippen LogP contribution in [0.1, 0.15) is 109 Å². The van der Waals surface area contributed by atoms with Crippen LogP contribution in [-0.4, -0.2) is 0 Å². The van der Waals surface area contributed by atoms with Crippen LogP contribution in [0.15, 0.2) is 234 Å². The van der Waals surface area contributed by atoms with Crippen molar-refractivity contribution in [3.8, 4) is 0 Å². The van der Waals surface area contributed by atoms with Gasteiger partial charge in [-0.1, -0.05) is 193 Å². The lowest BCUT2D eigenvalue weighted by atomic mass is 9.76. The standard InChI is InChI=1S/C55H55N.C3H6.2C2H6/c1-9-13-15-23-43(10-2)54(12-4)56(50-27-16-14-17-28-50)51-32-30-45(31-33-51)40(6)29-34-52-42(8)53(49-36-47-25-20-21-26-48(47)37-49)38-44(11-3)55(52)41(7)35-46-24-19-18-22-39(46)5;1-3-2;2*1-2/h9-36,40H,2,4,37-38H2,1,3,5-8H3;3H,1H2,2H3;2*1-2H3/b13-9-,23-15-,34-29-,41-35+,44-11+,54-43-;;;. The number of anilines is 2. The van der Waals surface area contributed by atoms with Gasteiger partial charge in [-0.15, -0.1) is 6.58 Å². The van der Waals surface area contributed by atoms with Gasteiger partial charge in [-0.25, -0.2) is 0 Å². The summed E-state index contributed by atoms with van der Waals surface area (Å²) in [5.74, 6) is 0.188. The molecule has 2 aliphatic rings. The quantitative estimate of drug-likeness (QED) is 0.0958. The molecule has 0 saturated heterocycles. The summed E-state index contributed by atoms with van der Waals surface area (Å²) >= 11 is 0. The van der Waals surface area contributed by atoms with Crippen LogP contribution < -0.4 is 4.90 Å². The lowest BCUT2D eigenvalue weighted by Crippen LogP contribution is -2.16. The molecular weight excluding hydrogens is 759 g/mol. The lowest BCUT2D eigenvalue weighted by molar-refractivity contribution is 0.960. The summed E-state index contributed by atoms with van der Waals surface area (Å²) < 4.78 is 0. The minimum Gasteiger partial charge on any atom is -0.310 e. The fraction of sp³-hybridized carbons (Fsp3) is 0.226. The average molecular weight is 832 g/mol. The summed E-state index contributed by atoms with van der Waals surface area (Å²) in [6, 6.07) is 36.9. The monoisotopic (exact) mass is 832 g/mol. The van der Waals surface area contributed by atoms with Crippen LogP contribution in [0.3, 0.4) is 0 Å². The molecule has 0 bridgehead atoms. The number of aryl methyl sites for hydroxylation is 1. The Bertz CT molecular complexity index is 2430. The van der Waals surface area contributed by atoms with Crippen molar-refractivity contribution >= 4 is 23.5 Å². The molecule has 6 rings (SSSR count). The van der Waals surface area contributed by atoms with E-state index in [0.29, 0.717) is 0 Å². The van der Waals surface area contributed by atoms with Gasteiger partial charge in [-0.05, 0) is 163 Å². The first-order valence-electron chi connectivity index (χ1n) is 22.8. The van der Waals surface area contributed by atoms with Crippen LogP contribution in [-0.2, 0) is 6.42 Å². The summed E-state index contributed by atoms with van der Waals surface area (Å²) in [4.78, 5) is 2.25. The molecule has 4 aromatic carbocycles. The Morgan fingerprint density at radius 2 is 1.33 bits per heavy atom. The molecule has 0 aliphatic heterocycles. The van der Waals surface area contributed by atoms with Gasteiger partial charge in [0.05, 0.1) is 5.70 Å². The first-order chi connectivity index (χ1) is 30.7. The number of hydrogen-bond donors (Lipinski definition) is 0. The Labute approximate surface area is 383 Å². The predicted molar refractivity (Wildman–Crippen MR) is 284 cm³/mol. The van der Waals surface area contributed by atoms with E-state index in [1.54, 1.807) is 6.08 Å². The Hall–Kier alpha value is -6.44. The summed E-state index contributed by atoms with van der Waals surface area (Å²) in [7, 11) is 0. The molecule has 0 radical (unpaired) electrons. The third-order valence-corrected chi connectivity index (χ3v) is 11.0. The number of allylic oxidation sites excluding steroid dienone is 18. The van der Waals surface area contributed by atoms with E-state index in [1.165, 1.54) is 66.8 Å². The molecule has 63 heavy (non-hydrogen) atoms. The number of nitrogens with zero attached hydrogens (tertiary/aromatic N) is 1. The van der Waals surface area contributed by atoms with Crippen LogP contribution in [0, 0.1) is 6.92 Å². The molecular formula is C62H73N. The van der Waals surface area contributed by atoms with Gasteiger partial charge in [0.15, 0.2) is 0 Å². The number of hydrogen-bond acceptors (Lipinski definition) is 1. The molecule has 1 unspecified atom stereocenters. The van der Waals surface area contributed by atoms with Gasteiger partial charge in [0.1, 0.15) is 0 Å². The van der Waals surface area contributed by atoms with E-state index in [9.17, 15) is 0 Å². The molecule has 1 heteroatoms. The number of rotatable bonds is 13. The van der Waals surface area contributed by atoms with Crippen molar-refractivity contribution in [3.63, 3.8) is 0 Å². The van der Waals surface area contributed by atoms with E-state index in [0.717, 1.165) is 35.5 Å². The van der Waals surface area contributed by atoms with Crippen molar-refractivity contribution in [2.24, 2.45) is 0 Å². The van der Waals surface area contributed by atoms with Crippen LogP contribution in [0.4, 0.5) is 11.4 Å². The van der Waals surface area contributed by atoms with Crippen molar-refractivity contribution in [1.29, 1.82) is 0 Å². The number of benzene rings is 4. The average Bonchev–Trinajstić information content (AvgIpc) is 3.76. The van der Waals surface area contributed by atoms with E-state index < -0.39 is 0 Å². The van der Waals surface area contributed by atoms with E-state index in [4.69, 9.17) is 0 Å². The van der Waals surface area contributed by atoms with Crippen LogP contribution in [0.2, 0.25) is 0 Å². The zero-order valence-corrected chi connectivity index (χ0v) is 40.3. The van der Waals surface area contributed by atoms with E-state index in [1.807, 2.05) is 78.0 Å². The highest BCUT2D eigenvalue weighted by molar-refractivity contribution is 5.76. The molecule has 0 N–H and O–H groups in total. The Morgan fingerprint density at radius 3 is 1.94 bits per heavy atom. The maximum absolute atomic E-state index is 4.22. The van der Waals surface area contributed by atoms with E-state index in [-0.39, 0.29) is 5.92 Å². The van der Waals surface area contributed by atoms with Gasteiger partial charge < -0.3 is 4.90 Å². The van der Waals surface area contributed by atoms with E-state index in [2.05, 4.69) is 193 Å². The normalized spacial score (nSPS) is 15.1. The van der Waals surface area contributed by atoms with Crippen molar-refractivity contribution in [1.82, 2.24) is 0 Å². The van der Waals surface area contributed by atoms with Crippen molar-refractivity contribution in [3.05, 3.63) is 262 Å². The van der Waals surface area contributed by atoms with Gasteiger partial charge in [0.2, 0.25) is 0 Å². The third kappa shape index (κ3) is 13.3. The molecule has 0 aromatic heterocycles. The number of fused-ring (bicyclic) bond motifs is 1. The third-order valence-electron chi connectivity index (χ3n) is 11.0. The maximum Gasteiger partial charge on any atom is 0.0527 e. The molecule has 4 aromatic rings. The van der Waals surface area contributed by atoms with Gasteiger partial charge in [0, 0.05) is 11.4 Å². The lowest BCUT2D eigenvalue weighted by Gasteiger charge is -2.28. The largest absolute Gasteiger partial charge is 0.310 e. The Morgan fingerprint density at radius 1 is 0.714 bits per heavy atom. The minimum atomic E-state index is 0.188. The number of para-hydroxylation sites is 1. The molecule has 0 fully saturated rings. The van der Waals surface area contributed by atoms with Crippen molar-refractivity contribution in [2.45, 2.75) is 94.9 Å². The second kappa shape index (κ2) is 26.8. The van der Waals surface area contributed by atoms with Gasteiger partial charge in [-0.3, -0.25) is 0 Å². The summed E-state index contributed by atoms with van der Waals surface area (Å²) in [5.41, 5.74) is 20.2. The topological polar surface area (TPSA) is 3.24 Å². The van der Waals surface area contributed by atoms with Crippen LogP contribution in [0.25, 0.3) is 12.2 Å². The molecule has 0 spiro atoms. The Balaban J connectivity index is 0.00000143. The van der Waals surface area contributed by atoms with Crippen molar-refractivity contribution < 1.29 is 0 Å². The second-order valence-electron chi connectivity index (χ2n) is 15.1. The first kappa shape index (κ1) is 50.9. The molecule has 0 heterocycles. The highest BCUT2D eigenvalue weighted by Gasteiger charge is 2.26. The van der Waals surface area contributed by atoms with Gasteiger partial charge in [0.25, 0.3) is 0 Å². The highest BCUT2D eigenvalue weighted by atomic mass is 15.1. The van der Waals surface area contributed by atoms with Crippen LogP contribution >= 0.6 is 0 Å². The summed E-state index contributed by atoms with van der Waals surface area (Å²) in [6.07, 6.45) is 27.5. The van der Waals surface area contributed by atoms with Gasteiger partial charge in [-0.2, -0.15) is 0 Å². The SMILES string of the molecule is C=CC.C=CC(/C=C\C=C/C)=C(\C=C)N(c1ccccc1)c1ccc(C(C)/C=C\C2=C(C(/C)=C/c3ccccc3C)/C(=C/C)CC(C3=Cc4ccccc4C3)=C2C)cc1.CC.CC. The fourth-order valence-electron chi connectivity index (χ4n) is 7.89. The summed E-state index contributed by atoms with van der Waals surface area (Å²) in [5, 5.41) is 0. The van der Waals surface area contributed by atoms with E-state index >= 15 is 0 Å². The molecule has 1 nitrogen and oxygen atoms in total. The molecule has 2 aliphatic carbocycles. The minimum absolute atomic E-state index is 0.188. The smallest absolute Gasteiger partial charge is 0.0527 e. The second-order valence-corrected chi connectivity index (χ2v) is 15.1. The molecule has 326 valence electrons. The van der Waals surface area contributed by atoms with Crippen molar-refractivity contribution in [2.75, 3.05) is 4.90 Å². The molecule has 0 saturated carbocycles. The molecule has 1 atom stereocenters. The zero-order chi connectivity index (χ0) is 46.3. The highest BCUT2D eigenvalue weighted by Crippen LogP contribution is 2.44. The first-order valence-corrected chi connectivity index (χ1v) is 22.8. The maximum atomic E-state index is 4.22. The zero-order valence-electron chi connectivity index (χ0n) is 40.3. The fourth-order valence-corrected chi connectivity index (χ4v) is 7.89. The summed E-state index contributed by atoms with van der Waals surface area (Å²) in [6.45, 7) is 34.9.